The van der Waals surface area contributed by atoms with E-state index in [1.54, 1.807) is 36.6 Å². The van der Waals surface area contributed by atoms with Crippen LogP contribution in [-0.2, 0) is 29.4 Å². The lowest BCUT2D eigenvalue weighted by Crippen LogP contribution is -2.38. The van der Waals surface area contributed by atoms with Crippen LogP contribution in [0.15, 0.2) is 40.4 Å². The van der Waals surface area contributed by atoms with E-state index in [4.69, 9.17) is 0 Å². The third-order valence-electron chi connectivity index (χ3n) is 3.98. The second-order valence-electron chi connectivity index (χ2n) is 6.07. The molecule has 1 heterocycles. The van der Waals surface area contributed by atoms with Gasteiger partial charge in [0.25, 0.3) is 0 Å². The SMILES string of the molecule is CCc1cnc(CCNC(=NC)NCc2ccccc2S(=O)(=O)N(C)C)s1.I. The Hall–Kier alpha value is -1.24. The highest BCUT2D eigenvalue weighted by atomic mass is 127. The summed E-state index contributed by atoms with van der Waals surface area (Å²) in [4.78, 5) is 10.2. The number of nitrogens with one attached hydrogen (secondary N) is 2. The number of hydrogen-bond donors (Lipinski definition) is 2. The van der Waals surface area contributed by atoms with Crippen molar-refractivity contribution in [2.75, 3.05) is 27.7 Å². The molecule has 0 unspecified atom stereocenters. The first kappa shape index (κ1) is 24.8. The summed E-state index contributed by atoms with van der Waals surface area (Å²) < 4.78 is 26.2. The highest BCUT2D eigenvalue weighted by molar-refractivity contribution is 14.0. The third kappa shape index (κ3) is 6.68. The van der Waals surface area contributed by atoms with E-state index in [0.717, 1.165) is 17.8 Å². The molecular formula is C18H28IN5O2S2. The second-order valence-corrected chi connectivity index (χ2v) is 9.39. The highest BCUT2D eigenvalue weighted by Crippen LogP contribution is 2.18. The van der Waals surface area contributed by atoms with E-state index in [0.29, 0.717) is 29.5 Å². The van der Waals surface area contributed by atoms with E-state index in [1.807, 2.05) is 12.3 Å². The van der Waals surface area contributed by atoms with Crippen LogP contribution in [0.5, 0.6) is 0 Å². The van der Waals surface area contributed by atoms with Crippen LogP contribution in [0.1, 0.15) is 22.4 Å². The van der Waals surface area contributed by atoms with Gasteiger partial charge in [0.15, 0.2) is 5.96 Å². The number of guanidine groups is 1. The molecule has 0 spiro atoms. The predicted octanol–water partition coefficient (Wildman–Crippen LogP) is 2.48. The maximum atomic E-state index is 12.5. The van der Waals surface area contributed by atoms with Gasteiger partial charge in [-0.1, -0.05) is 25.1 Å². The van der Waals surface area contributed by atoms with Gasteiger partial charge in [-0.05, 0) is 18.1 Å². The van der Waals surface area contributed by atoms with Crippen LogP contribution in [0.2, 0.25) is 0 Å². The van der Waals surface area contributed by atoms with Crippen molar-refractivity contribution in [1.82, 2.24) is 19.9 Å². The molecule has 0 aliphatic carbocycles. The number of rotatable bonds is 8. The zero-order valence-corrected chi connectivity index (χ0v) is 20.6. The lowest BCUT2D eigenvalue weighted by atomic mass is 10.2. The average molecular weight is 537 g/mol. The van der Waals surface area contributed by atoms with Crippen LogP contribution in [0.25, 0.3) is 0 Å². The Kier molecular flexibility index (Phi) is 10.4. The summed E-state index contributed by atoms with van der Waals surface area (Å²) in [5, 5.41) is 7.52. The van der Waals surface area contributed by atoms with Gasteiger partial charge in [0.1, 0.15) is 0 Å². The molecule has 0 bridgehead atoms. The van der Waals surface area contributed by atoms with Gasteiger partial charge in [-0.3, -0.25) is 4.99 Å². The molecule has 2 aromatic rings. The van der Waals surface area contributed by atoms with E-state index >= 15 is 0 Å². The van der Waals surface area contributed by atoms with Crippen molar-refractivity contribution < 1.29 is 8.42 Å². The lowest BCUT2D eigenvalue weighted by molar-refractivity contribution is 0.519. The minimum Gasteiger partial charge on any atom is -0.356 e. The molecule has 2 rings (SSSR count). The van der Waals surface area contributed by atoms with Gasteiger partial charge < -0.3 is 10.6 Å². The van der Waals surface area contributed by atoms with Gasteiger partial charge >= 0.3 is 0 Å². The molecule has 156 valence electrons. The average Bonchev–Trinajstić information content (AvgIpc) is 3.12. The van der Waals surface area contributed by atoms with Crippen molar-refractivity contribution in [1.29, 1.82) is 0 Å². The fourth-order valence-electron chi connectivity index (χ4n) is 2.41. The number of thiazole rings is 1. The third-order valence-corrected chi connectivity index (χ3v) is 7.10. The Morgan fingerprint density at radius 1 is 1.25 bits per heavy atom. The van der Waals surface area contributed by atoms with Crippen LogP contribution in [0.4, 0.5) is 0 Å². The van der Waals surface area contributed by atoms with Gasteiger partial charge in [0, 0.05) is 51.7 Å². The number of benzene rings is 1. The van der Waals surface area contributed by atoms with Crippen LogP contribution < -0.4 is 10.6 Å². The first-order valence-corrected chi connectivity index (χ1v) is 11.0. The molecule has 1 aromatic heterocycles. The van der Waals surface area contributed by atoms with E-state index in [9.17, 15) is 8.42 Å². The van der Waals surface area contributed by atoms with Crippen molar-refractivity contribution in [2.24, 2.45) is 4.99 Å². The summed E-state index contributed by atoms with van der Waals surface area (Å²) in [6.45, 7) is 3.18. The maximum Gasteiger partial charge on any atom is 0.242 e. The standard InChI is InChI=1S/C18H27N5O2S2.HI/c1-5-15-13-21-17(26-15)10-11-20-18(19-2)22-12-14-8-6-7-9-16(14)27(24,25)23(3)4;/h6-9,13H,5,10-12H2,1-4H3,(H2,19,20,22);1H. The van der Waals surface area contributed by atoms with E-state index < -0.39 is 10.0 Å². The Morgan fingerprint density at radius 2 is 1.96 bits per heavy atom. The van der Waals surface area contributed by atoms with Gasteiger partial charge in [0.05, 0.1) is 9.90 Å². The van der Waals surface area contributed by atoms with Gasteiger partial charge in [-0.2, -0.15) is 0 Å². The summed E-state index contributed by atoms with van der Waals surface area (Å²) in [7, 11) is 1.26. The van der Waals surface area contributed by atoms with Gasteiger partial charge in [0.2, 0.25) is 10.0 Å². The van der Waals surface area contributed by atoms with Crippen LogP contribution in [0, 0.1) is 0 Å². The molecule has 2 N–H and O–H groups in total. The Labute approximate surface area is 188 Å². The Balaban J connectivity index is 0.00000392. The number of sulfonamides is 1. The Morgan fingerprint density at radius 3 is 2.57 bits per heavy atom. The smallest absolute Gasteiger partial charge is 0.242 e. The first-order chi connectivity index (χ1) is 12.9. The monoisotopic (exact) mass is 537 g/mol. The largest absolute Gasteiger partial charge is 0.356 e. The molecule has 0 fully saturated rings. The molecule has 0 aliphatic heterocycles. The minimum absolute atomic E-state index is 0. The fourth-order valence-corrected chi connectivity index (χ4v) is 4.39. The van der Waals surface area contributed by atoms with Crippen LogP contribution >= 0.6 is 35.3 Å². The predicted molar refractivity (Wildman–Crippen MR) is 126 cm³/mol. The summed E-state index contributed by atoms with van der Waals surface area (Å²) in [5.41, 5.74) is 0.696. The molecule has 0 amide bonds. The zero-order valence-electron chi connectivity index (χ0n) is 16.6. The summed E-state index contributed by atoms with van der Waals surface area (Å²) in [5.74, 6) is 0.624. The molecule has 0 aliphatic rings. The summed E-state index contributed by atoms with van der Waals surface area (Å²) >= 11 is 1.73. The van der Waals surface area contributed by atoms with E-state index in [-0.39, 0.29) is 24.0 Å². The molecule has 1 aromatic carbocycles. The van der Waals surface area contributed by atoms with Crippen LogP contribution in [0.3, 0.4) is 0 Å². The number of aryl methyl sites for hydroxylation is 1. The maximum absolute atomic E-state index is 12.5. The fraction of sp³-hybridized carbons (Fsp3) is 0.444. The molecule has 10 heteroatoms. The molecule has 7 nitrogen and oxygen atoms in total. The molecule has 0 saturated carbocycles. The number of halogens is 1. The number of aliphatic imine (C=N–C) groups is 1. The first-order valence-electron chi connectivity index (χ1n) is 8.77. The van der Waals surface area contributed by atoms with E-state index in [2.05, 4.69) is 27.5 Å². The highest BCUT2D eigenvalue weighted by Gasteiger charge is 2.20. The minimum atomic E-state index is -3.49. The number of hydrogen-bond acceptors (Lipinski definition) is 5. The van der Waals surface area contributed by atoms with Crippen molar-refractivity contribution in [3.05, 3.63) is 45.9 Å². The molecule has 0 atom stereocenters. The summed E-state index contributed by atoms with van der Waals surface area (Å²) in [6, 6.07) is 6.98. The van der Waals surface area contributed by atoms with E-state index in [1.165, 1.54) is 23.3 Å². The zero-order chi connectivity index (χ0) is 19.9. The van der Waals surface area contributed by atoms with Gasteiger partial charge in [-0.25, -0.2) is 17.7 Å². The summed E-state index contributed by atoms with van der Waals surface area (Å²) in [6.07, 6.45) is 3.75. The topological polar surface area (TPSA) is 86.7 Å². The van der Waals surface area contributed by atoms with Crippen molar-refractivity contribution >= 4 is 51.3 Å². The second kappa shape index (κ2) is 11.7. The number of nitrogens with zero attached hydrogens (tertiary/aromatic N) is 3. The number of aromatic nitrogens is 1. The quantitative estimate of drug-likeness (QED) is 0.307. The molecule has 0 radical (unpaired) electrons. The molecule has 28 heavy (non-hydrogen) atoms. The lowest BCUT2D eigenvalue weighted by Gasteiger charge is -2.16. The molecular weight excluding hydrogens is 509 g/mol. The Bertz CT molecular complexity index is 882. The van der Waals surface area contributed by atoms with Gasteiger partial charge in [-0.15, -0.1) is 35.3 Å². The van der Waals surface area contributed by atoms with Crippen molar-refractivity contribution in [3.8, 4) is 0 Å². The van der Waals surface area contributed by atoms with Crippen LogP contribution in [-0.4, -0.2) is 51.4 Å². The van der Waals surface area contributed by atoms with Crippen molar-refractivity contribution in [2.45, 2.75) is 31.2 Å². The normalized spacial score (nSPS) is 12.0. The van der Waals surface area contributed by atoms with Crippen molar-refractivity contribution in [3.63, 3.8) is 0 Å². The molecule has 0 saturated heterocycles.